The van der Waals surface area contributed by atoms with Crippen LogP contribution in [0.25, 0.3) is 11.3 Å². The second-order valence-corrected chi connectivity index (χ2v) is 5.77. The number of aromatic nitrogens is 3. The summed E-state index contributed by atoms with van der Waals surface area (Å²) in [7, 11) is 0. The number of aromatic amines is 1. The smallest absolute Gasteiger partial charge is 0.242 e. The van der Waals surface area contributed by atoms with Gasteiger partial charge in [-0.3, -0.25) is 14.9 Å². The van der Waals surface area contributed by atoms with Crippen molar-refractivity contribution in [3.05, 3.63) is 65.4 Å². The molecule has 122 valence electrons. The molecule has 3 aromatic rings. The zero-order chi connectivity index (χ0) is 16.9. The number of nitrogens with one attached hydrogen (secondary N) is 2. The van der Waals surface area contributed by atoms with Gasteiger partial charge in [-0.1, -0.05) is 23.7 Å². The molecule has 3 rings (SSSR count). The minimum absolute atomic E-state index is 0.294. The fourth-order valence-corrected chi connectivity index (χ4v) is 2.38. The van der Waals surface area contributed by atoms with Gasteiger partial charge in [-0.15, -0.1) is 0 Å². The standard InChI is InChI=1S/C17H16ClN5O/c18-13-3-1-11(2-4-13)9-14(19)17(24)21-16-10-15(22-23-16)12-5-7-20-8-6-12/h1-8,10,14H,9,19H2,(H2,21,22,23,24)/t14-/m1/s1. The molecule has 6 nitrogen and oxygen atoms in total. The van der Waals surface area contributed by atoms with Crippen LogP contribution in [0, 0.1) is 0 Å². The van der Waals surface area contributed by atoms with Crippen molar-refractivity contribution < 1.29 is 4.79 Å². The van der Waals surface area contributed by atoms with Crippen LogP contribution in [-0.4, -0.2) is 27.1 Å². The number of pyridine rings is 1. The van der Waals surface area contributed by atoms with E-state index < -0.39 is 6.04 Å². The zero-order valence-corrected chi connectivity index (χ0v) is 13.5. The Balaban J connectivity index is 1.62. The van der Waals surface area contributed by atoms with Gasteiger partial charge in [0.1, 0.15) is 0 Å². The normalized spacial score (nSPS) is 11.9. The van der Waals surface area contributed by atoms with Crippen molar-refractivity contribution in [3.63, 3.8) is 0 Å². The van der Waals surface area contributed by atoms with Gasteiger partial charge >= 0.3 is 0 Å². The number of halogens is 1. The average Bonchev–Trinajstić information content (AvgIpc) is 3.06. The first-order valence-corrected chi connectivity index (χ1v) is 7.76. The quantitative estimate of drug-likeness (QED) is 0.664. The summed E-state index contributed by atoms with van der Waals surface area (Å²) >= 11 is 5.84. The molecule has 0 saturated carbocycles. The molecule has 7 heteroatoms. The number of hydrogen-bond acceptors (Lipinski definition) is 4. The first kappa shape index (κ1) is 16.2. The van der Waals surface area contributed by atoms with Gasteiger partial charge in [0, 0.05) is 29.0 Å². The number of rotatable bonds is 5. The molecule has 0 aliphatic rings. The highest BCUT2D eigenvalue weighted by Crippen LogP contribution is 2.18. The van der Waals surface area contributed by atoms with Gasteiger partial charge in [-0.25, -0.2) is 0 Å². The molecule has 0 aliphatic carbocycles. The highest BCUT2D eigenvalue weighted by Gasteiger charge is 2.16. The van der Waals surface area contributed by atoms with E-state index in [1.165, 1.54) is 0 Å². The minimum Gasteiger partial charge on any atom is -0.320 e. The van der Waals surface area contributed by atoms with Crippen LogP contribution in [0.15, 0.2) is 54.9 Å². The third-order valence-electron chi connectivity index (χ3n) is 3.53. The Morgan fingerprint density at radius 1 is 1.21 bits per heavy atom. The van der Waals surface area contributed by atoms with Crippen LogP contribution >= 0.6 is 11.6 Å². The third kappa shape index (κ3) is 3.98. The van der Waals surface area contributed by atoms with Gasteiger partial charge in [-0.2, -0.15) is 5.10 Å². The summed E-state index contributed by atoms with van der Waals surface area (Å²) in [6.45, 7) is 0. The molecule has 0 bridgehead atoms. The Kier molecular flexibility index (Phi) is 4.88. The first-order chi connectivity index (χ1) is 11.6. The topological polar surface area (TPSA) is 96.7 Å². The van der Waals surface area contributed by atoms with Gasteiger partial charge in [0.05, 0.1) is 11.7 Å². The van der Waals surface area contributed by atoms with Crippen molar-refractivity contribution in [2.45, 2.75) is 12.5 Å². The molecule has 0 spiro atoms. The van der Waals surface area contributed by atoms with Crippen LogP contribution in [-0.2, 0) is 11.2 Å². The van der Waals surface area contributed by atoms with Crippen LogP contribution < -0.4 is 11.1 Å². The fourth-order valence-electron chi connectivity index (χ4n) is 2.25. The van der Waals surface area contributed by atoms with E-state index in [0.29, 0.717) is 17.3 Å². The zero-order valence-electron chi connectivity index (χ0n) is 12.7. The van der Waals surface area contributed by atoms with Crippen molar-refractivity contribution in [2.24, 2.45) is 5.73 Å². The highest BCUT2D eigenvalue weighted by atomic mass is 35.5. The Hall–Kier alpha value is -2.70. The number of nitrogens with two attached hydrogens (primary N) is 1. The van der Waals surface area contributed by atoms with Gasteiger partial charge in [0.2, 0.25) is 5.91 Å². The Bertz CT molecular complexity index is 817. The van der Waals surface area contributed by atoms with Crippen molar-refractivity contribution >= 4 is 23.3 Å². The fraction of sp³-hybridized carbons (Fsp3) is 0.118. The number of nitrogens with zero attached hydrogens (tertiary/aromatic N) is 2. The van der Waals surface area contributed by atoms with E-state index >= 15 is 0 Å². The predicted octanol–water partition coefficient (Wildman–Crippen LogP) is 2.63. The summed E-state index contributed by atoms with van der Waals surface area (Å²) in [6.07, 6.45) is 3.80. The second kappa shape index (κ2) is 7.25. The maximum absolute atomic E-state index is 12.2. The van der Waals surface area contributed by atoms with Crippen LogP contribution in [0.1, 0.15) is 5.56 Å². The molecule has 2 heterocycles. The van der Waals surface area contributed by atoms with Gasteiger partial charge < -0.3 is 11.1 Å². The molecule has 4 N–H and O–H groups in total. The average molecular weight is 342 g/mol. The lowest BCUT2D eigenvalue weighted by Crippen LogP contribution is -2.37. The maximum atomic E-state index is 12.2. The van der Waals surface area contributed by atoms with Crippen molar-refractivity contribution in [1.29, 1.82) is 0 Å². The highest BCUT2D eigenvalue weighted by molar-refractivity contribution is 6.30. The summed E-state index contributed by atoms with van der Waals surface area (Å²) in [4.78, 5) is 16.2. The summed E-state index contributed by atoms with van der Waals surface area (Å²) < 4.78 is 0. The second-order valence-electron chi connectivity index (χ2n) is 5.33. The van der Waals surface area contributed by atoms with Crippen molar-refractivity contribution in [2.75, 3.05) is 5.32 Å². The first-order valence-electron chi connectivity index (χ1n) is 7.38. The van der Waals surface area contributed by atoms with Gasteiger partial charge in [0.15, 0.2) is 5.82 Å². The monoisotopic (exact) mass is 341 g/mol. The summed E-state index contributed by atoms with van der Waals surface area (Å²) in [6, 6.07) is 12.0. The Morgan fingerprint density at radius 2 is 1.92 bits per heavy atom. The Labute approximate surface area is 144 Å². The van der Waals surface area contributed by atoms with Gasteiger partial charge in [0.25, 0.3) is 0 Å². The maximum Gasteiger partial charge on any atom is 0.242 e. The molecule has 1 aromatic carbocycles. The molecular formula is C17H16ClN5O. The van der Waals surface area contributed by atoms with Gasteiger partial charge in [-0.05, 0) is 36.2 Å². The van der Waals surface area contributed by atoms with E-state index in [-0.39, 0.29) is 5.91 Å². The van der Waals surface area contributed by atoms with Crippen LogP contribution in [0.5, 0.6) is 0 Å². The van der Waals surface area contributed by atoms with E-state index in [9.17, 15) is 4.79 Å². The molecule has 1 amide bonds. The molecule has 0 fully saturated rings. The number of H-pyrrole nitrogens is 1. The van der Waals surface area contributed by atoms with E-state index in [1.54, 1.807) is 30.6 Å². The number of hydrogen-bond donors (Lipinski definition) is 3. The third-order valence-corrected chi connectivity index (χ3v) is 3.78. The Morgan fingerprint density at radius 3 is 2.62 bits per heavy atom. The molecule has 24 heavy (non-hydrogen) atoms. The molecule has 0 unspecified atom stereocenters. The molecule has 0 aliphatic heterocycles. The molecular weight excluding hydrogens is 326 g/mol. The summed E-state index contributed by atoms with van der Waals surface area (Å²) in [5, 5.41) is 10.3. The summed E-state index contributed by atoms with van der Waals surface area (Å²) in [5.74, 6) is 0.135. The lowest BCUT2D eigenvalue weighted by Gasteiger charge is -2.10. The van der Waals surface area contributed by atoms with Crippen LogP contribution in [0.2, 0.25) is 5.02 Å². The lowest BCUT2D eigenvalue weighted by molar-refractivity contribution is -0.117. The number of anilines is 1. The molecule has 1 atom stereocenters. The lowest BCUT2D eigenvalue weighted by atomic mass is 10.1. The number of carbonyl (C=O) groups is 1. The number of carbonyl (C=O) groups excluding carboxylic acids is 1. The SMILES string of the molecule is N[C@H](Cc1ccc(Cl)cc1)C(=O)Nc1cc(-c2ccncc2)[nH]n1. The largest absolute Gasteiger partial charge is 0.320 e. The molecule has 2 aromatic heterocycles. The van der Waals surface area contributed by atoms with Crippen LogP contribution in [0.3, 0.4) is 0 Å². The van der Waals surface area contributed by atoms with Crippen molar-refractivity contribution in [1.82, 2.24) is 15.2 Å². The van der Waals surface area contributed by atoms with Crippen molar-refractivity contribution in [3.8, 4) is 11.3 Å². The molecule has 0 radical (unpaired) electrons. The minimum atomic E-state index is -0.674. The number of benzene rings is 1. The molecule has 0 saturated heterocycles. The summed E-state index contributed by atoms with van der Waals surface area (Å²) in [5.41, 5.74) is 8.63. The van der Waals surface area contributed by atoms with E-state index in [4.69, 9.17) is 17.3 Å². The van der Waals surface area contributed by atoms with E-state index in [1.807, 2.05) is 24.3 Å². The van der Waals surface area contributed by atoms with E-state index in [0.717, 1.165) is 16.8 Å². The number of amides is 1. The van der Waals surface area contributed by atoms with Crippen LogP contribution in [0.4, 0.5) is 5.82 Å². The predicted molar refractivity (Wildman–Crippen MR) is 93.6 cm³/mol. The van der Waals surface area contributed by atoms with E-state index in [2.05, 4.69) is 20.5 Å².